The molecule has 0 heterocycles. The number of sulfonamides is 1. The molecule has 6 heteroatoms. The summed E-state index contributed by atoms with van der Waals surface area (Å²) in [5, 5.41) is 10.4. The van der Waals surface area contributed by atoms with Gasteiger partial charge in [-0.2, -0.15) is 0 Å². The first-order valence-electron chi connectivity index (χ1n) is 8.85. The van der Waals surface area contributed by atoms with E-state index in [1.807, 2.05) is 19.9 Å². The molecule has 2 aliphatic carbocycles. The second-order valence-electron chi connectivity index (χ2n) is 8.19. The minimum absolute atomic E-state index is 0.0791. The summed E-state index contributed by atoms with van der Waals surface area (Å²) in [6.07, 6.45) is 1.11. The fraction of sp³-hybridized carbons (Fsp3) is 0.632. The maximum absolute atomic E-state index is 12.8. The van der Waals surface area contributed by atoms with Gasteiger partial charge in [0.05, 0.1) is 11.9 Å². The van der Waals surface area contributed by atoms with Crippen LogP contribution >= 0.6 is 0 Å². The third kappa shape index (κ3) is 3.04. The van der Waals surface area contributed by atoms with Crippen LogP contribution in [-0.2, 0) is 14.8 Å². The number of hydrogen-bond acceptors (Lipinski definition) is 4. The third-order valence-electron chi connectivity index (χ3n) is 6.56. The predicted molar refractivity (Wildman–Crippen MR) is 96.3 cm³/mol. The summed E-state index contributed by atoms with van der Waals surface area (Å²) in [5.41, 5.74) is -0.421. The summed E-state index contributed by atoms with van der Waals surface area (Å²) in [4.78, 5) is 12.6. The Morgan fingerprint density at radius 1 is 1.28 bits per heavy atom. The number of aliphatic hydroxyl groups excluding tert-OH is 1. The van der Waals surface area contributed by atoms with E-state index in [1.54, 1.807) is 31.2 Å². The predicted octanol–water partition coefficient (Wildman–Crippen LogP) is 2.42. The third-order valence-corrected chi connectivity index (χ3v) is 8.16. The van der Waals surface area contributed by atoms with E-state index in [0.717, 1.165) is 6.42 Å². The average molecular weight is 365 g/mol. The van der Waals surface area contributed by atoms with E-state index in [2.05, 4.69) is 4.72 Å². The maximum Gasteiger partial charge on any atom is 0.212 e. The van der Waals surface area contributed by atoms with Crippen molar-refractivity contribution in [2.24, 2.45) is 16.7 Å². The van der Waals surface area contributed by atoms with Gasteiger partial charge in [0.1, 0.15) is 5.78 Å². The topological polar surface area (TPSA) is 83.5 Å². The molecule has 25 heavy (non-hydrogen) atoms. The Morgan fingerprint density at radius 3 is 2.44 bits per heavy atom. The lowest BCUT2D eigenvalue weighted by molar-refractivity contribution is -0.128. The first kappa shape index (κ1) is 18.5. The highest BCUT2D eigenvalue weighted by molar-refractivity contribution is 7.89. The minimum Gasteiger partial charge on any atom is -0.387 e. The molecule has 2 fully saturated rings. The summed E-state index contributed by atoms with van der Waals surface area (Å²) in [5.74, 6) is 0.173. The second kappa shape index (κ2) is 6.18. The molecular weight excluding hydrogens is 338 g/mol. The molecule has 2 aliphatic rings. The molecule has 138 valence electrons. The highest BCUT2D eigenvalue weighted by Gasteiger charge is 2.65. The molecule has 2 bridgehead atoms. The molecule has 2 saturated carbocycles. The first-order chi connectivity index (χ1) is 11.6. The van der Waals surface area contributed by atoms with E-state index in [4.69, 9.17) is 0 Å². The van der Waals surface area contributed by atoms with Gasteiger partial charge in [-0.25, -0.2) is 13.1 Å². The lowest BCUT2D eigenvalue weighted by Crippen LogP contribution is -2.47. The molecule has 0 amide bonds. The summed E-state index contributed by atoms with van der Waals surface area (Å²) in [6, 6.07) is 8.31. The van der Waals surface area contributed by atoms with Crippen LogP contribution in [0.4, 0.5) is 0 Å². The zero-order valence-electron chi connectivity index (χ0n) is 15.0. The lowest BCUT2D eigenvalue weighted by Gasteiger charge is -2.36. The van der Waals surface area contributed by atoms with Crippen LogP contribution in [0.5, 0.6) is 0 Å². The molecule has 0 spiro atoms. The van der Waals surface area contributed by atoms with E-state index < -0.39 is 27.6 Å². The van der Waals surface area contributed by atoms with Gasteiger partial charge in [0.25, 0.3) is 0 Å². The van der Waals surface area contributed by atoms with Gasteiger partial charge in [-0.1, -0.05) is 44.2 Å². The Balaban J connectivity index is 1.75. The van der Waals surface area contributed by atoms with Crippen LogP contribution in [0.15, 0.2) is 30.3 Å². The number of Topliss-reactive ketones (excluding diaryl/α,β-unsaturated/α-hetero) is 1. The molecule has 2 unspecified atom stereocenters. The highest BCUT2D eigenvalue weighted by Crippen LogP contribution is 2.64. The van der Waals surface area contributed by atoms with Gasteiger partial charge in [-0.3, -0.25) is 4.79 Å². The Hall–Kier alpha value is -1.24. The van der Waals surface area contributed by atoms with E-state index in [-0.39, 0.29) is 22.9 Å². The van der Waals surface area contributed by atoms with E-state index >= 15 is 0 Å². The number of carbonyl (C=O) groups excluding carboxylic acids is 1. The van der Waals surface area contributed by atoms with Crippen molar-refractivity contribution in [3.8, 4) is 0 Å². The second-order valence-corrected chi connectivity index (χ2v) is 9.94. The lowest BCUT2D eigenvalue weighted by atomic mass is 9.70. The molecule has 0 aliphatic heterocycles. The van der Waals surface area contributed by atoms with Crippen LogP contribution in [0, 0.1) is 16.7 Å². The molecule has 1 aromatic carbocycles. The molecule has 3 rings (SSSR count). The molecular formula is C19H27NO4S. The van der Waals surface area contributed by atoms with Gasteiger partial charge in [0, 0.05) is 17.9 Å². The number of fused-ring (bicyclic) bond motifs is 2. The summed E-state index contributed by atoms with van der Waals surface area (Å²) in [7, 11) is -3.70. The van der Waals surface area contributed by atoms with Gasteiger partial charge < -0.3 is 5.11 Å². The van der Waals surface area contributed by atoms with Gasteiger partial charge in [-0.05, 0) is 36.7 Å². The normalized spacial score (nSPS) is 30.4. The Kier molecular flexibility index (Phi) is 4.58. The summed E-state index contributed by atoms with van der Waals surface area (Å²) < 4.78 is 28.1. The van der Waals surface area contributed by atoms with E-state index in [1.165, 1.54) is 0 Å². The molecule has 0 aromatic heterocycles. The fourth-order valence-corrected chi connectivity index (χ4v) is 6.87. The van der Waals surface area contributed by atoms with E-state index in [0.29, 0.717) is 18.4 Å². The number of carbonyl (C=O) groups is 1. The summed E-state index contributed by atoms with van der Waals surface area (Å²) >= 11 is 0. The van der Waals surface area contributed by atoms with Crippen molar-refractivity contribution in [2.75, 3.05) is 5.75 Å². The zero-order chi connectivity index (χ0) is 18.5. The van der Waals surface area contributed by atoms with Gasteiger partial charge >= 0.3 is 0 Å². The minimum atomic E-state index is -3.70. The van der Waals surface area contributed by atoms with Gasteiger partial charge in [0.15, 0.2) is 0 Å². The average Bonchev–Trinajstić information content (AvgIpc) is 2.88. The molecule has 4 atom stereocenters. The van der Waals surface area contributed by atoms with Crippen LogP contribution in [-0.4, -0.2) is 31.1 Å². The Bertz CT molecular complexity index is 759. The Morgan fingerprint density at radius 2 is 1.92 bits per heavy atom. The Labute approximate surface area is 149 Å². The van der Waals surface area contributed by atoms with Crippen LogP contribution in [0.25, 0.3) is 0 Å². The molecule has 1 aromatic rings. The fourth-order valence-electron chi connectivity index (χ4n) is 4.76. The van der Waals surface area contributed by atoms with Crippen LogP contribution in [0.3, 0.4) is 0 Å². The van der Waals surface area contributed by atoms with Crippen molar-refractivity contribution in [2.45, 2.75) is 52.2 Å². The molecule has 0 saturated heterocycles. The van der Waals surface area contributed by atoms with Crippen molar-refractivity contribution in [1.29, 1.82) is 0 Å². The van der Waals surface area contributed by atoms with Crippen molar-refractivity contribution < 1.29 is 18.3 Å². The first-order valence-corrected chi connectivity index (χ1v) is 10.5. The number of nitrogens with one attached hydrogen (secondary N) is 1. The number of benzene rings is 1. The van der Waals surface area contributed by atoms with Crippen molar-refractivity contribution in [3.63, 3.8) is 0 Å². The molecule has 2 N–H and O–H groups in total. The summed E-state index contributed by atoms with van der Waals surface area (Å²) in [6.45, 7) is 5.69. The van der Waals surface area contributed by atoms with Crippen LogP contribution in [0.1, 0.15) is 51.7 Å². The SMILES string of the molecule is C[C@@H](NS(=O)(=O)CC12CCC(CC1=O)C2(C)C)[C@@H](O)c1ccccc1. The van der Waals surface area contributed by atoms with E-state index in [9.17, 15) is 18.3 Å². The van der Waals surface area contributed by atoms with Crippen LogP contribution < -0.4 is 4.72 Å². The largest absolute Gasteiger partial charge is 0.387 e. The number of ketones is 1. The van der Waals surface area contributed by atoms with Crippen molar-refractivity contribution in [3.05, 3.63) is 35.9 Å². The highest BCUT2D eigenvalue weighted by atomic mass is 32.2. The van der Waals surface area contributed by atoms with Crippen LogP contribution in [0.2, 0.25) is 0 Å². The number of aliphatic hydroxyl groups is 1. The van der Waals surface area contributed by atoms with Crippen molar-refractivity contribution >= 4 is 15.8 Å². The van der Waals surface area contributed by atoms with Gasteiger partial charge in [0.2, 0.25) is 10.0 Å². The number of hydrogen-bond donors (Lipinski definition) is 2. The smallest absolute Gasteiger partial charge is 0.212 e. The standard InChI is InChI=1S/C19H27NO4S/c1-13(17(22)14-7-5-4-6-8-14)20-25(23,24)12-19-10-9-15(11-16(19)21)18(19,2)3/h4-8,13,15,17,20,22H,9-12H2,1-3H3/t13-,15?,17-,19?/m1/s1. The van der Waals surface area contributed by atoms with Crippen molar-refractivity contribution in [1.82, 2.24) is 4.72 Å². The molecule has 0 radical (unpaired) electrons. The number of rotatable bonds is 6. The maximum atomic E-state index is 12.8. The monoisotopic (exact) mass is 365 g/mol. The van der Waals surface area contributed by atoms with Gasteiger partial charge in [-0.15, -0.1) is 0 Å². The zero-order valence-corrected chi connectivity index (χ0v) is 15.8. The quantitative estimate of drug-likeness (QED) is 0.811. The molecule has 5 nitrogen and oxygen atoms in total.